The van der Waals surface area contributed by atoms with Gasteiger partial charge in [-0.25, -0.2) is 0 Å². The van der Waals surface area contributed by atoms with Crippen LogP contribution in [0.1, 0.15) is 28.4 Å². The maximum absolute atomic E-state index is 11.6. The second-order valence-corrected chi connectivity index (χ2v) is 5.27. The molecule has 20 heavy (non-hydrogen) atoms. The molecule has 1 aliphatic carbocycles. The molecule has 4 nitrogen and oxygen atoms in total. The molecule has 4 heteroatoms. The molecule has 1 atom stereocenters. The van der Waals surface area contributed by atoms with Gasteiger partial charge in [0.05, 0.1) is 0 Å². The summed E-state index contributed by atoms with van der Waals surface area (Å²) in [5.41, 5.74) is 9.59. The maximum Gasteiger partial charge on any atom is 0.249 e. The van der Waals surface area contributed by atoms with Crippen LogP contribution in [-0.4, -0.2) is 23.5 Å². The standard InChI is InChI=1S/C16H19N3O/c1-2-3-6-18-11-7-10-9-19-14-5-4-12(16(17)20)13(8-11)15(10)14/h2-5,9,11,18-19H,6-8H2,1H3,(H2,17,20). The molecule has 1 amide bonds. The molecule has 3 rings (SSSR count). The van der Waals surface area contributed by atoms with Crippen LogP contribution < -0.4 is 11.1 Å². The Bertz CT molecular complexity index is 684. The first-order valence-corrected chi connectivity index (χ1v) is 6.97. The van der Waals surface area contributed by atoms with Gasteiger partial charge in [-0.2, -0.15) is 0 Å². The van der Waals surface area contributed by atoms with E-state index in [9.17, 15) is 4.79 Å². The number of aromatic nitrogens is 1. The number of hydrogen-bond donors (Lipinski definition) is 3. The van der Waals surface area contributed by atoms with Crippen LogP contribution in [0.2, 0.25) is 0 Å². The van der Waals surface area contributed by atoms with E-state index in [1.54, 1.807) is 0 Å². The average molecular weight is 269 g/mol. The van der Waals surface area contributed by atoms with E-state index in [2.05, 4.69) is 16.4 Å². The van der Waals surface area contributed by atoms with Crippen molar-refractivity contribution in [1.82, 2.24) is 10.3 Å². The van der Waals surface area contributed by atoms with Gasteiger partial charge in [-0.15, -0.1) is 0 Å². The third-order valence-corrected chi connectivity index (χ3v) is 3.98. The van der Waals surface area contributed by atoms with Gasteiger partial charge in [-0.3, -0.25) is 4.79 Å². The van der Waals surface area contributed by atoms with Crippen LogP contribution in [0.3, 0.4) is 0 Å². The molecular formula is C16H19N3O. The summed E-state index contributed by atoms with van der Waals surface area (Å²) >= 11 is 0. The summed E-state index contributed by atoms with van der Waals surface area (Å²) in [5, 5.41) is 4.70. The molecule has 1 aliphatic rings. The van der Waals surface area contributed by atoms with E-state index in [4.69, 9.17) is 5.73 Å². The highest BCUT2D eigenvalue weighted by atomic mass is 16.1. The Kier molecular flexibility index (Phi) is 3.32. The highest BCUT2D eigenvalue weighted by Gasteiger charge is 2.24. The van der Waals surface area contributed by atoms with Crippen LogP contribution in [0, 0.1) is 0 Å². The number of aromatic amines is 1. The molecule has 1 unspecified atom stereocenters. The van der Waals surface area contributed by atoms with Crippen molar-refractivity contribution < 1.29 is 4.79 Å². The second-order valence-electron chi connectivity index (χ2n) is 5.27. The Morgan fingerprint density at radius 1 is 1.50 bits per heavy atom. The number of nitrogens with two attached hydrogens (primary N) is 1. The normalized spacial score (nSPS) is 17.9. The number of carbonyl (C=O) groups is 1. The van der Waals surface area contributed by atoms with Crippen LogP contribution in [0.5, 0.6) is 0 Å². The van der Waals surface area contributed by atoms with Gasteiger partial charge in [0.1, 0.15) is 0 Å². The zero-order valence-electron chi connectivity index (χ0n) is 11.6. The Labute approximate surface area is 118 Å². The smallest absolute Gasteiger partial charge is 0.249 e. The summed E-state index contributed by atoms with van der Waals surface area (Å²) in [4.78, 5) is 14.9. The highest BCUT2D eigenvalue weighted by molar-refractivity contribution is 6.01. The van der Waals surface area contributed by atoms with E-state index in [1.807, 2.05) is 31.3 Å². The monoisotopic (exact) mass is 269 g/mol. The van der Waals surface area contributed by atoms with Crippen molar-refractivity contribution in [3.05, 3.63) is 47.2 Å². The second kappa shape index (κ2) is 5.13. The Hall–Kier alpha value is -2.07. The lowest BCUT2D eigenvalue weighted by molar-refractivity contribution is 0.0999. The molecule has 0 saturated heterocycles. The van der Waals surface area contributed by atoms with Crippen molar-refractivity contribution in [2.45, 2.75) is 25.8 Å². The number of rotatable bonds is 4. The summed E-state index contributed by atoms with van der Waals surface area (Å²) in [6, 6.07) is 4.11. The molecule has 0 aliphatic heterocycles. The minimum absolute atomic E-state index is 0.344. The third-order valence-electron chi connectivity index (χ3n) is 3.98. The number of amides is 1. The van der Waals surface area contributed by atoms with Gasteiger partial charge < -0.3 is 16.0 Å². The first kappa shape index (κ1) is 12.9. The van der Waals surface area contributed by atoms with Crippen molar-refractivity contribution in [2.75, 3.05) is 6.54 Å². The Morgan fingerprint density at radius 2 is 2.35 bits per heavy atom. The first-order valence-electron chi connectivity index (χ1n) is 6.97. The van der Waals surface area contributed by atoms with Gasteiger partial charge in [-0.1, -0.05) is 12.2 Å². The lowest BCUT2D eigenvalue weighted by atomic mass is 9.86. The number of nitrogens with one attached hydrogen (secondary N) is 2. The SMILES string of the molecule is CC=CCNC1Cc2c[nH]c3ccc(C(N)=O)c(c23)C1. The van der Waals surface area contributed by atoms with E-state index in [0.29, 0.717) is 11.6 Å². The average Bonchev–Trinajstić information content (AvgIpc) is 2.84. The summed E-state index contributed by atoms with van der Waals surface area (Å²) in [5.74, 6) is -0.344. The molecule has 1 aromatic heterocycles. The van der Waals surface area contributed by atoms with Crippen LogP contribution in [0.15, 0.2) is 30.5 Å². The molecule has 0 saturated carbocycles. The summed E-state index contributed by atoms with van der Waals surface area (Å²) in [7, 11) is 0. The van der Waals surface area contributed by atoms with Gasteiger partial charge in [0, 0.05) is 35.2 Å². The van der Waals surface area contributed by atoms with E-state index < -0.39 is 0 Å². The highest BCUT2D eigenvalue weighted by Crippen LogP contribution is 2.31. The number of allylic oxidation sites excluding steroid dienone is 1. The van der Waals surface area contributed by atoms with E-state index >= 15 is 0 Å². The van der Waals surface area contributed by atoms with Crippen LogP contribution in [0.4, 0.5) is 0 Å². The summed E-state index contributed by atoms with van der Waals surface area (Å²) in [6.07, 6.45) is 8.00. The molecular weight excluding hydrogens is 250 g/mol. The lowest BCUT2D eigenvalue weighted by Gasteiger charge is -2.24. The molecule has 1 aromatic carbocycles. The van der Waals surface area contributed by atoms with Crippen LogP contribution >= 0.6 is 0 Å². The molecule has 104 valence electrons. The Morgan fingerprint density at radius 3 is 3.10 bits per heavy atom. The van der Waals surface area contributed by atoms with Crippen LogP contribution in [0.25, 0.3) is 10.9 Å². The van der Waals surface area contributed by atoms with Gasteiger partial charge in [0.25, 0.3) is 0 Å². The molecule has 4 N–H and O–H groups in total. The van der Waals surface area contributed by atoms with E-state index in [-0.39, 0.29) is 5.91 Å². The van der Waals surface area contributed by atoms with Gasteiger partial charge in [-0.05, 0) is 43.0 Å². The minimum Gasteiger partial charge on any atom is -0.366 e. The molecule has 0 spiro atoms. The predicted molar refractivity (Wildman–Crippen MR) is 80.8 cm³/mol. The molecule has 0 fully saturated rings. The maximum atomic E-state index is 11.6. The van der Waals surface area contributed by atoms with Crippen molar-refractivity contribution >= 4 is 16.8 Å². The summed E-state index contributed by atoms with van der Waals surface area (Å²) < 4.78 is 0. The quantitative estimate of drug-likeness (QED) is 0.742. The van der Waals surface area contributed by atoms with Crippen molar-refractivity contribution in [2.24, 2.45) is 5.73 Å². The molecule has 1 heterocycles. The zero-order valence-corrected chi connectivity index (χ0v) is 11.6. The fourth-order valence-electron chi connectivity index (χ4n) is 3.06. The number of primary amides is 1. The fraction of sp³-hybridized carbons (Fsp3) is 0.312. The number of benzene rings is 1. The van der Waals surface area contributed by atoms with Crippen molar-refractivity contribution in [1.29, 1.82) is 0 Å². The number of carbonyl (C=O) groups excluding carboxylic acids is 1. The fourth-order valence-corrected chi connectivity index (χ4v) is 3.06. The largest absolute Gasteiger partial charge is 0.366 e. The lowest BCUT2D eigenvalue weighted by Crippen LogP contribution is -2.36. The van der Waals surface area contributed by atoms with Crippen molar-refractivity contribution in [3.63, 3.8) is 0 Å². The van der Waals surface area contributed by atoms with Crippen molar-refractivity contribution in [3.8, 4) is 0 Å². The summed E-state index contributed by atoms with van der Waals surface area (Å²) in [6.45, 7) is 2.86. The van der Waals surface area contributed by atoms with E-state index in [1.165, 1.54) is 10.9 Å². The van der Waals surface area contributed by atoms with Gasteiger partial charge in [0.2, 0.25) is 5.91 Å². The van der Waals surface area contributed by atoms with Crippen LogP contribution in [-0.2, 0) is 12.8 Å². The molecule has 0 bridgehead atoms. The number of H-pyrrole nitrogens is 1. The number of hydrogen-bond acceptors (Lipinski definition) is 2. The molecule has 0 radical (unpaired) electrons. The van der Waals surface area contributed by atoms with Gasteiger partial charge >= 0.3 is 0 Å². The topological polar surface area (TPSA) is 70.9 Å². The minimum atomic E-state index is -0.344. The van der Waals surface area contributed by atoms with E-state index in [0.717, 1.165) is 30.5 Å². The Balaban J connectivity index is 1.99. The first-order chi connectivity index (χ1) is 9.70. The van der Waals surface area contributed by atoms with Gasteiger partial charge in [0.15, 0.2) is 0 Å². The predicted octanol–water partition coefficient (Wildman–Crippen LogP) is 1.90. The molecule has 2 aromatic rings. The third kappa shape index (κ3) is 2.12. The zero-order chi connectivity index (χ0) is 14.1.